The maximum absolute atomic E-state index is 12.6. The minimum Gasteiger partial charge on any atom is -0.305 e. The topological polar surface area (TPSA) is 37.8 Å². The highest BCUT2D eigenvalue weighted by Gasteiger charge is 2.30. The maximum Gasteiger partial charge on any atom is 0.416 e. The van der Waals surface area contributed by atoms with E-state index in [2.05, 4.69) is 14.9 Å². The molecule has 0 amide bonds. The van der Waals surface area contributed by atoms with Crippen LogP contribution >= 0.6 is 11.5 Å². The van der Waals surface area contributed by atoms with Gasteiger partial charge in [-0.2, -0.15) is 13.2 Å². The lowest BCUT2D eigenvalue weighted by Crippen LogP contribution is -2.23. The molecule has 0 radical (unpaired) electrons. The third kappa shape index (κ3) is 3.79. The molecule has 0 aliphatic rings. The van der Waals surface area contributed by atoms with E-state index in [1.807, 2.05) is 13.8 Å². The lowest BCUT2D eigenvalue weighted by atomic mass is 10.0. The van der Waals surface area contributed by atoms with E-state index in [1.165, 1.54) is 23.7 Å². The van der Waals surface area contributed by atoms with Crippen LogP contribution < -0.4 is 5.32 Å². The molecule has 0 aliphatic heterocycles. The SMILES string of the molecule is CCCNC(c1ccc(C(F)(F)F)cc1)c1snnc1C. The molecule has 1 aromatic carbocycles. The number of halogens is 3. The van der Waals surface area contributed by atoms with Gasteiger partial charge in [0.25, 0.3) is 0 Å². The van der Waals surface area contributed by atoms with Crippen molar-refractivity contribution >= 4 is 11.5 Å². The third-order valence-electron chi connectivity index (χ3n) is 3.12. The zero-order chi connectivity index (χ0) is 15.5. The van der Waals surface area contributed by atoms with Gasteiger partial charge in [-0.25, -0.2) is 0 Å². The summed E-state index contributed by atoms with van der Waals surface area (Å²) in [5, 5.41) is 7.31. The van der Waals surface area contributed by atoms with E-state index in [9.17, 15) is 13.2 Å². The van der Waals surface area contributed by atoms with Crippen LogP contribution in [0.5, 0.6) is 0 Å². The van der Waals surface area contributed by atoms with Gasteiger partial charge in [-0.05, 0) is 49.1 Å². The van der Waals surface area contributed by atoms with Gasteiger partial charge in [-0.1, -0.05) is 23.5 Å². The number of nitrogens with one attached hydrogen (secondary N) is 1. The minimum atomic E-state index is -4.31. The number of alkyl halides is 3. The second-order valence-corrected chi connectivity index (χ2v) is 5.52. The fourth-order valence-electron chi connectivity index (χ4n) is 2.02. The van der Waals surface area contributed by atoms with Crippen molar-refractivity contribution in [3.8, 4) is 0 Å². The summed E-state index contributed by atoms with van der Waals surface area (Å²) in [4.78, 5) is 0.934. The van der Waals surface area contributed by atoms with Crippen molar-refractivity contribution in [1.29, 1.82) is 0 Å². The molecule has 0 bridgehead atoms. The predicted octanol–water partition coefficient (Wildman–Crippen LogP) is 3.95. The second kappa shape index (κ2) is 6.53. The van der Waals surface area contributed by atoms with Crippen molar-refractivity contribution in [3.63, 3.8) is 0 Å². The highest BCUT2D eigenvalue weighted by Crippen LogP contribution is 2.32. The Balaban J connectivity index is 2.31. The summed E-state index contributed by atoms with van der Waals surface area (Å²) in [7, 11) is 0. The number of nitrogens with zero attached hydrogens (tertiary/aromatic N) is 2. The van der Waals surface area contributed by atoms with Crippen LogP contribution in [-0.2, 0) is 6.18 Å². The average molecular weight is 315 g/mol. The van der Waals surface area contributed by atoms with Gasteiger partial charge in [0.2, 0.25) is 0 Å². The highest BCUT2D eigenvalue weighted by atomic mass is 32.1. The molecule has 2 rings (SSSR count). The van der Waals surface area contributed by atoms with E-state index < -0.39 is 11.7 Å². The summed E-state index contributed by atoms with van der Waals surface area (Å²) in [6.07, 6.45) is -3.38. The number of hydrogen-bond donors (Lipinski definition) is 1. The van der Waals surface area contributed by atoms with Crippen molar-refractivity contribution in [2.45, 2.75) is 32.5 Å². The van der Waals surface area contributed by atoms with Crippen LogP contribution in [0.25, 0.3) is 0 Å². The molecular weight excluding hydrogens is 299 g/mol. The van der Waals surface area contributed by atoms with Gasteiger partial charge in [-0.15, -0.1) is 5.10 Å². The molecule has 21 heavy (non-hydrogen) atoms. The number of hydrogen-bond acceptors (Lipinski definition) is 4. The first-order valence-corrected chi connectivity index (χ1v) is 7.40. The first kappa shape index (κ1) is 15.9. The van der Waals surface area contributed by atoms with Crippen LogP contribution in [0, 0.1) is 6.92 Å². The summed E-state index contributed by atoms with van der Waals surface area (Å²) in [6.45, 7) is 4.65. The van der Waals surface area contributed by atoms with Gasteiger partial charge in [0.05, 0.1) is 22.2 Å². The van der Waals surface area contributed by atoms with E-state index in [1.54, 1.807) is 0 Å². The molecule has 0 fully saturated rings. The highest BCUT2D eigenvalue weighted by molar-refractivity contribution is 7.05. The number of rotatable bonds is 5. The summed E-state index contributed by atoms with van der Waals surface area (Å²) < 4.78 is 41.8. The normalized spacial score (nSPS) is 13.4. The van der Waals surface area contributed by atoms with E-state index in [0.717, 1.165) is 41.2 Å². The third-order valence-corrected chi connectivity index (χ3v) is 4.01. The summed E-state index contributed by atoms with van der Waals surface area (Å²) in [5.41, 5.74) is 0.943. The molecule has 2 aromatic rings. The van der Waals surface area contributed by atoms with Crippen molar-refractivity contribution in [2.24, 2.45) is 0 Å². The summed E-state index contributed by atoms with van der Waals surface area (Å²) in [6, 6.07) is 5.07. The van der Waals surface area contributed by atoms with Crippen LogP contribution in [0.4, 0.5) is 13.2 Å². The van der Waals surface area contributed by atoms with Gasteiger partial charge in [0.1, 0.15) is 0 Å². The molecule has 0 saturated heterocycles. The van der Waals surface area contributed by atoms with Gasteiger partial charge >= 0.3 is 6.18 Å². The number of aryl methyl sites for hydroxylation is 1. The quantitative estimate of drug-likeness (QED) is 0.907. The molecular formula is C14H16F3N3S. The van der Waals surface area contributed by atoms with Crippen LogP contribution in [0.3, 0.4) is 0 Å². The Morgan fingerprint density at radius 2 is 1.90 bits per heavy atom. The molecule has 0 saturated carbocycles. The Bertz CT molecular complexity index is 578. The van der Waals surface area contributed by atoms with E-state index >= 15 is 0 Å². The molecule has 1 unspecified atom stereocenters. The molecule has 7 heteroatoms. The van der Waals surface area contributed by atoms with Gasteiger partial charge in [0.15, 0.2) is 0 Å². The lowest BCUT2D eigenvalue weighted by Gasteiger charge is -2.18. The zero-order valence-corrected chi connectivity index (χ0v) is 12.6. The average Bonchev–Trinajstić information content (AvgIpc) is 2.85. The Morgan fingerprint density at radius 1 is 1.24 bits per heavy atom. The van der Waals surface area contributed by atoms with E-state index in [4.69, 9.17) is 0 Å². The van der Waals surface area contributed by atoms with Gasteiger partial charge in [0, 0.05) is 0 Å². The second-order valence-electron chi connectivity index (χ2n) is 4.73. The largest absolute Gasteiger partial charge is 0.416 e. The Morgan fingerprint density at radius 3 is 2.38 bits per heavy atom. The molecule has 1 aromatic heterocycles. The predicted molar refractivity (Wildman–Crippen MR) is 76.2 cm³/mol. The lowest BCUT2D eigenvalue weighted by molar-refractivity contribution is -0.137. The van der Waals surface area contributed by atoms with Gasteiger partial charge < -0.3 is 5.32 Å². The summed E-state index contributed by atoms with van der Waals surface area (Å²) in [5.74, 6) is 0. The zero-order valence-electron chi connectivity index (χ0n) is 11.7. The van der Waals surface area contributed by atoms with Crippen LogP contribution in [0.1, 0.15) is 41.1 Å². The van der Waals surface area contributed by atoms with Gasteiger partial charge in [-0.3, -0.25) is 0 Å². The first-order valence-electron chi connectivity index (χ1n) is 6.63. The van der Waals surface area contributed by atoms with Crippen LogP contribution in [-0.4, -0.2) is 16.1 Å². The molecule has 1 N–H and O–H groups in total. The fraction of sp³-hybridized carbons (Fsp3) is 0.429. The van der Waals surface area contributed by atoms with Crippen molar-refractivity contribution in [1.82, 2.24) is 14.9 Å². The molecule has 3 nitrogen and oxygen atoms in total. The molecule has 1 heterocycles. The standard InChI is InChI=1S/C14H16F3N3S/c1-3-8-18-12(13-9(2)19-20-21-13)10-4-6-11(7-5-10)14(15,16)17/h4-7,12,18H,3,8H2,1-2H3. The monoisotopic (exact) mass is 315 g/mol. The smallest absolute Gasteiger partial charge is 0.305 e. The molecule has 114 valence electrons. The first-order chi connectivity index (χ1) is 9.93. The van der Waals surface area contributed by atoms with Crippen LogP contribution in [0.2, 0.25) is 0 Å². The molecule has 0 spiro atoms. The Kier molecular flexibility index (Phi) is 4.95. The van der Waals surface area contributed by atoms with E-state index in [0.29, 0.717) is 0 Å². The van der Waals surface area contributed by atoms with Crippen LogP contribution in [0.15, 0.2) is 24.3 Å². The number of benzene rings is 1. The minimum absolute atomic E-state index is 0.174. The molecule has 1 atom stereocenters. The van der Waals surface area contributed by atoms with E-state index in [-0.39, 0.29) is 6.04 Å². The number of aromatic nitrogens is 2. The Labute approximate surface area is 125 Å². The Hall–Kier alpha value is -1.47. The fourth-order valence-corrected chi connectivity index (χ4v) is 2.77. The van der Waals surface area contributed by atoms with Crippen molar-refractivity contribution < 1.29 is 13.2 Å². The van der Waals surface area contributed by atoms with Crippen molar-refractivity contribution in [2.75, 3.05) is 6.54 Å². The van der Waals surface area contributed by atoms with Crippen molar-refractivity contribution in [3.05, 3.63) is 46.0 Å². The molecule has 0 aliphatic carbocycles. The summed E-state index contributed by atoms with van der Waals surface area (Å²) >= 11 is 1.27. The maximum atomic E-state index is 12.6.